The minimum Gasteiger partial charge on any atom is -0.497 e. The molecule has 2 nitrogen and oxygen atoms in total. The highest BCUT2D eigenvalue weighted by atomic mass is 19.2. The summed E-state index contributed by atoms with van der Waals surface area (Å²) >= 11 is 0. The minimum atomic E-state index is -1.15. The van der Waals surface area contributed by atoms with Crippen LogP contribution in [0.2, 0.25) is 0 Å². The van der Waals surface area contributed by atoms with Gasteiger partial charge in [-0.05, 0) is 29.8 Å². The third-order valence-electron chi connectivity index (χ3n) is 2.98. The first-order valence-corrected chi connectivity index (χ1v) is 5.96. The zero-order chi connectivity index (χ0) is 14.7. The van der Waals surface area contributed by atoms with E-state index in [0.717, 1.165) is 18.2 Å². The van der Waals surface area contributed by atoms with Crippen molar-refractivity contribution in [1.82, 2.24) is 0 Å². The molecular weight excluding hydrogens is 269 g/mol. The van der Waals surface area contributed by atoms with Crippen LogP contribution in [0.25, 0.3) is 0 Å². The fraction of sp³-hybridized carbons (Fsp3) is 0.200. The Kier molecular flexibility index (Phi) is 4.29. The predicted octanol–water partition coefficient (Wildman–Crippen LogP) is 3.39. The van der Waals surface area contributed by atoms with Crippen molar-refractivity contribution in [3.05, 3.63) is 65.0 Å². The molecule has 2 aromatic rings. The zero-order valence-corrected chi connectivity index (χ0v) is 10.7. The van der Waals surface area contributed by atoms with E-state index in [1.807, 2.05) is 0 Å². The number of ether oxygens (including phenoxy) is 1. The van der Waals surface area contributed by atoms with E-state index in [-0.39, 0.29) is 12.0 Å². The molecule has 2 aromatic carbocycles. The maximum atomic E-state index is 13.8. The van der Waals surface area contributed by atoms with Crippen molar-refractivity contribution in [2.24, 2.45) is 0 Å². The summed E-state index contributed by atoms with van der Waals surface area (Å²) in [5.41, 5.74) is 0.460. The lowest BCUT2D eigenvalue weighted by Gasteiger charge is -2.13. The van der Waals surface area contributed by atoms with E-state index in [2.05, 4.69) is 0 Å². The summed E-state index contributed by atoms with van der Waals surface area (Å²) in [5, 5.41) is 9.98. The van der Waals surface area contributed by atoms with E-state index in [4.69, 9.17) is 4.74 Å². The molecule has 1 unspecified atom stereocenters. The molecule has 0 radical (unpaired) electrons. The van der Waals surface area contributed by atoms with E-state index in [9.17, 15) is 18.3 Å². The molecule has 0 fully saturated rings. The van der Waals surface area contributed by atoms with Crippen LogP contribution in [0.4, 0.5) is 13.2 Å². The number of aliphatic hydroxyl groups is 1. The van der Waals surface area contributed by atoms with Crippen LogP contribution < -0.4 is 4.74 Å². The third kappa shape index (κ3) is 3.11. The molecule has 1 N–H and O–H groups in total. The number of hydrogen-bond donors (Lipinski definition) is 1. The fourth-order valence-corrected chi connectivity index (χ4v) is 1.90. The lowest BCUT2D eigenvalue weighted by Crippen LogP contribution is -2.05. The van der Waals surface area contributed by atoms with Gasteiger partial charge in [-0.15, -0.1) is 0 Å². The number of benzene rings is 2. The molecule has 0 saturated heterocycles. The van der Waals surface area contributed by atoms with Crippen molar-refractivity contribution in [1.29, 1.82) is 0 Å². The average Bonchev–Trinajstić information content (AvgIpc) is 2.42. The number of methoxy groups -OCH3 is 1. The maximum absolute atomic E-state index is 13.8. The second-order valence-electron chi connectivity index (χ2n) is 4.36. The van der Waals surface area contributed by atoms with Crippen LogP contribution in [-0.2, 0) is 6.42 Å². The molecule has 2 rings (SSSR count). The van der Waals surface area contributed by atoms with E-state index in [1.165, 1.54) is 25.3 Å². The van der Waals surface area contributed by atoms with E-state index in [1.54, 1.807) is 0 Å². The minimum absolute atomic E-state index is 0.0134. The van der Waals surface area contributed by atoms with Crippen LogP contribution in [0.15, 0.2) is 36.4 Å². The summed E-state index contributed by atoms with van der Waals surface area (Å²) in [6, 6.07) is 7.39. The zero-order valence-electron chi connectivity index (χ0n) is 10.7. The summed E-state index contributed by atoms with van der Waals surface area (Å²) in [6.45, 7) is 0. The molecule has 0 amide bonds. The Hall–Kier alpha value is -2.01. The molecule has 0 bridgehead atoms. The molecule has 0 aliphatic rings. The summed E-state index contributed by atoms with van der Waals surface area (Å²) < 4.78 is 44.5. The van der Waals surface area contributed by atoms with E-state index < -0.39 is 23.6 Å². The number of hydrogen-bond acceptors (Lipinski definition) is 2. The Morgan fingerprint density at radius 3 is 2.35 bits per heavy atom. The van der Waals surface area contributed by atoms with Crippen molar-refractivity contribution in [3.63, 3.8) is 0 Å². The molecular formula is C15H13F3O2. The van der Waals surface area contributed by atoms with Crippen molar-refractivity contribution in [3.8, 4) is 5.75 Å². The molecule has 0 aliphatic heterocycles. The van der Waals surface area contributed by atoms with Gasteiger partial charge < -0.3 is 9.84 Å². The smallest absolute Gasteiger partial charge is 0.159 e. The van der Waals surface area contributed by atoms with Gasteiger partial charge in [0, 0.05) is 18.1 Å². The number of halogens is 3. The largest absolute Gasteiger partial charge is 0.497 e. The molecule has 1 atom stereocenters. The van der Waals surface area contributed by atoms with Gasteiger partial charge in [0.2, 0.25) is 0 Å². The predicted molar refractivity (Wildman–Crippen MR) is 68.0 cm³/mol. The van der Waals surface area contributed by atoms with Gasteiger partial charge in [0.05, 0.1) is 13.2 Å². The Bertz CT molecular complexity index is 614. The van der Waals surface area contributed by atoms with Gasteiger partial charge in [-0.25, -0.2) is 13.2 Å². The third-order valence-corrected chi connectivity index (χ3v) is 2.98. The molecule has 0 heterocycles. The van der Waals surface area contributed by atoms with Crippen molar-refractivity contribution >= 4 is 0 Å². The highest BCUT2D eigenvalue weighted by Gasteiger charge is 2.15. The van der Waals surface area contributed by atoms with E-state index >= 15 is 0 Å². The first-order valence-electron chi connectivity index (χ1n) is 5.96. The SMILES string of the molecule is COc1ccc(C(O)Cc2ccc(F)c(F)c2)c(F)c1. The lowest BCUT2D eigenvalue weighted by molar-refractivity contribution is 0.173. The monoisotopic (exact) mass is 282 g/mol. The van der Waals surface area contributed by atoms with Crippen LogP contribution in [0.5, 0.6) is 5.75 Å². The van der Waals surface area contributed by atoms with Gasteiger partial charge in [-0.2, -0.15) is 0 Å². The van der Waals surface area contributed by atoms with Crippen LogP contribution in [0.1, 0.15) is 17.2 Å². The summed E-state index contributed by atoms with van der Waals surface area (Å²) in [7, 11) is 1.41. The second kappa shape index (κ2) is 5.96. The van der Waals surface area contributed by atoms with Crippen LogP contribution in [0.3, 0.4) is 0 Å². The Balaban J connectivity index is 2.19. The molecule has 0 saturated carbocycles. The molecule has 20 heavy (non-hydrogen) atoms. The molecule has 0 spiro atoms. The van der Waals surface area contributed by atoms with Gasteiger partial charge in [-0.3, -0.25) is 0 Å². The van der Waals surface area contributed by atoms with Gasteiger partial charge in [-0.1, -0.05) is 6.07 Å². The van der Waals surface area contributed by atoms with Crippen LogP contribution >= 0.6 is 0 Å². The van der Waals surface area contributed by atoms with E-state index in [0.29, 0.717) is 11.3 Å². The van der Waals surface area contributed by atoms with Gasteiger partial charge in [0.15, 0.2) is 11.6 Å². The van der Waals surface area contributed by atoms with Gasteiger partial charge >= 0.3 is 0 Å². The normalized spacial score (nSPS) is 12.2. The summed E-state index contributed by atoms with van der Waals surface area (Å²) in [4.78, 5) is 0. The summed E-state index contributed by atoms with van der Waals surface area (Å²) in [6.07, 6.45) is -1.16. The highest BCUT2D eigenvalue weighted by Crippen LogP contribution is 2.25. The molecule has 0 aliphatic carbocycles. The fourth-order valence-electron chi connectivity index (χ4n) is 1.90. The topological polar surface area (TPSA) is 29.5 Å². The first-order chi connectivity index (χ1) is 9.51. The number of aliphatic hydroxyl groups excluding tert-OH is 1. The standard InChI is InChI=1S/C15H13F3O2/c1-20-10-3-4-11(13(17)8-10)15(19)7-9-2-5-12(16)14(18)6-9/h2-6,8,15,19H,7H2,1H3. The van der Waals surface area contributed by atoms with Gasteiger partial charge in [0.25, 0.3) is 0 Å². The van der Waals surface area contributed by atoms with Crippen molar-refractivity contribution in [2.75, 3.05) is 7.11 Å². The highest BCUT2D eigenvalue weighted by molar-refractivity contribution is 5.31. The average molecular weight is 282 g/mol. The maximum Gasteiger partial charge on any atom is 0.159 e. The first kappa shape index (κ1) is 14.4. The Labute approximate surface area is 114 Å². The summed E-state index contributed by atoms with van der Waals surface area (Å²) in [5.74, 6) is -2.23. The van der Waals surface area contributed by atoms with Crippen molar-refractivity contribution < 1.29 is 23.0 Å². The van der Waals surface area contributed by atoms with Crippen molar-refractivity contribution in [2.45, 2.75) is 12.5 Å². The Morgan fingerprint density at radius 2 is 1.75 bits per heavy atom. The number of rotatable bonds is 4. The molecule has 0 aromatic heterocycles. The van der Waals surface area contributed by atoms with Crippen LogP contribution in [-0.4, -0.2) is 12.2 Å². The molecule has 5 heteroatoms. The molecule has 106 valence electrons. The lowest BCUT2D eigenvalue weighted by atomic mass is 10.0. The quantitative estimate of drug-likeness (QED) is 0.931. The van der Waals surface area contributed by atoms with Crippen LogP contribution in [0, 0.1) is 17.5 Å². The second-order valence-corrected chi connectivity index (χ2v) is 4.36. The van der Waals surface area contributed by atoms with Gasteiger partial charge in [0.1, 0.15) is 11.6 Å². The Morgan fingerprint density at radius 1 is 1.00 bits per heavy atom.